The molecule has 28 heavy (non-hydrogen) atoms. The summed E-state index contributed by atoms with van der Waals surface area (Å²) < 4.78 is 6.63. The monoisotopic (exact) mass is 381 g/mol. The van der Waals surface area contributed by atoms with Gasteiger partial charge in [-0.15, -0.1) is 0 Å². The van der Waals surface area contributed by atoms with Crippen LogP contribution in [0.5, 0.6) is 5.75 Å². The Balaban J connectivity index is 2.01. The van der Waals surface area contributed by atoms with E-state index in [1.807, 2.05) is 38.1 Å². The van der Waals surface area contributed by atoms with Gasteiger partial charge in [0, 0.05) is 30.7 Å². The van der Waals surface area contributed by atoms with E-state index in [4.69, 9.17) is 4.74 Å². The molecule has 2 aromatic rings. The number of H-pyrrole nitrogens is 1. The Bertz CT molecular complexity index is 1120. The van der Waals surface area contributed by atoms with Crippen LogP contribution in [0.1, 0.15) is 43.7 Å². The van der Waals surface area contributed by atoms with Crippen molar-refractivity contribution in [3.63, 3.8) is 0 Å². The molecule has 1 unspecified atom stereocenters. The molecule has 1 aromatic carbocycles. The third-order valence-electron chi connectivity index (χ3n) is 5.58. The van der Waals surface area contributed by atoms with E-state index >= 15 is 0 Å². The number of benzene rings is 1. The molecular formula is C21H23N3O4. The topological polar surface area (TPSA) is 93.2 Å². The van der Waals surface area contributed by atoms with Gasteiger partial charge in [0.05, 0.1) is 12.7 Å². The Morgan fingerprint density at radius 2 is 1.79 bits per heavy atom. The highest BCUT2D eigenvalue weighted by molar-refractivity contribution is 6.01. The van der Waals surface area contributed by atoms with Gasteiger partial charge in [0.15, 0.2) is 5.78 Å². The minimum absolute atomic E-state index is 0.0264. The quantitative estimate of drug-likeness (QED) is 0.833. The smallest absolute Gasteiger partial charge is 0.329 e. The number of aromatic nitrogens is 2. The zero-order valence-electron chi connectivity index (χ0n) is 16.4. The first-order valence-corrected chi connectivity index (χ1v) is 9.22. The number of ketones is 1. The van der Waals surface area contributed by atoms with Crippen molar-refractivity contribution in [1.29, 1.82) is 0 Å². The van der Waals surface area contributed by atoms with Crippen molar-refractivity contribution >= 4 is 11.6 Å². The highest BCUT2D eigenvalue weighted by Crippen LogP contribution is 2.47. The second-order valence-corrected chi connectivity index (χ2v) is 8.24. The zero-order valence-corrected chi connectivity index (χ0v) is 16.4. The van der Waals surface area contributed by atoms with E-state index in [9.17, 15) is 14.4 Å². The van der Waals surface area contributed by atoms with Gasteiger partial charge in [-0.3, -0.25) is 19.1 Å². The average molecular weight is 381 g/mol. The Hall–Kier alpha value is -3.09. The fourth-order valence-electron chi connectivity index (χ4n) is 4.26. The van der Waals surface area contributed by atoms with Gasteiger partial charge in [-0.1, -0.05) is 26.0 Å². The van der Waals surface area contributed by atoms with Crippen LogP contribution in [0, 0.1) is 5.41 Å². The number of ether oxygens (including phenoxy) is 1. The number of carbonyl (C=O) groups is 1. The molecule has 1 aromatic heterocycles. The second-order valence-electron chi connectivity index (χ2n) is 8.24. The number of anilines is 1. The molecule has 1 aliphatic heterocycles. The summed E-state index contributed by atoms with van der Waals surface area (Å²) in [6.45, 7) is 4.09. The fourth-order valence-corrected chi connectivity index (χ4v) is 4.26. The molecule has 2 heterocycles. The number of allylic oxidation sites excluding steroid dienone is 2. The van der Waals surface area contributed by atoms with Crippen LogP contribution in [0.3, 0.4) is 0 Å². The van der Waals surface area contributed by atoms with Crippen molar-refractivity contribution in [2.45, 2.75) is 32.6 Å². The van der Waals surface area contributed by atoms with Crippen molar-refractivity contribution in [3.05, 3.63) is 67.5 Å². The van der Waals surface area contributed by atoms with E-state index in [-0.39, 0.29) is 11.2 Å². The number of Topliss-reactive ketones (excluding diaryl/α,β-unsaturated/α-hetero) is 1. The maximum atomic E-state index is 13.1. The Labute approximate surface area is 162 Å². The van der Waals surface area contributed by atoms with Crippen LogP contribution in [0.2, 0.25) is 0 Å². The van der Waals surface area contributed by atoms with Crippen LogP contribution >= 0.6 is 0 Å². The van der Waals surface area contributed by atoms with E-state index in [0.717, 1.165) is 11.3 Å². The van der Waals surface area contributed by atoms with Crippen LogP contribution in [-0.2, 0) is 11.8 Å². The van der Waals surface area contributed by atoms with Crippen LogP contribution in [0.4, 0.5) is 5.82 Å². The molecule has 0 bridgehead atoms. The summed E-state index contributed by atoms with van der Waals surface area (Å²) in [5.74, 6) is 0.631. The predicted octanol–water partition coefficient (Wildman–Crippen LogP) is 2.28. The lowest BCUT2D eigenvalue weighted by atomic mass is 9.69. The van der Waals surface area contributed by atoms with E-state index in [2.05, 4.69) is 10.3 Å². The molecule has 0 amide bonds. The number of nitrogens with one attached hydrogen (secondary N) is 2. The lowest BCUT2D eigenvalue weighted by molar-refractivity contribution is -0.118. The summed E-state index contributed by atoms with van der Waals surface area (Å²) >= 11 is 0. The SMILES string of the molecule is COc1ccc(C2C3=C(CC(C)(C)CC3=O)Nc3c2c(=O)[nH]c(=O)n3C)cc1. The molecule has 0 saturated carbocycles. The van der Waals surface area contributed by atoms with Crippen LogP contribution in [0.15, 0.2) is 45.1 Å². The molecule has 7 nitrogen and oxygen atoms in total. The number of methoxy groups -OCH3 is 1. The third kappa shape index (κ3) is 2.78. The second kappa shape index (κ2) is 6.22. The predicted molar refractivity (Wildman–Crippen MR) is 106 cm³/mol. The Morgan fingerprint density at radius 3 is 2.43 bits per heavy atom. The number of rotatable bonds is 2. The van der Waals surface area contributed by atoms with Crippen LogP contribution in [0.25, 0.3) is 0 Å². The van der Waals surface area contributed by atoms with Gasteiger partial charge < -0.3 is 10.1 Å². The maximum Gasteiger partial charge on any atom is 0.329 e. The highest BCUT2D eigenvalue weighted by Gasteiger charge is 2.42. The molecule has 0 fully saturated rings. The Kier molecular flexibility index (Phi) is 4.06. The molecule has 2 N–H and O–H groups in total. The number of hydrogen-bond acceptors (Lipinski definition) is 5. The molecule has 1 atom stereocenters. The lowest BCUT2D eigenvalue weighted by Crippen LogP contribution is -2.41. The lowest BCUT2D eigenvalue weighted by Gasteiger charge is -2.39. The molecule has 7 heteroatoms. The number of nitrogens with zero attached hydrogens (tertiary/aromatic N) is 1. The van der Waals surface area contributed by atoms with Crippen LogP contribution in [-0.4, -0.2) is 22.4 Å². The summed E-state index contributed by atoms with van der Waals surface area (Å²) in [7, 11) is 3.19. The largest absolute Gasteiger partial charge is 0.497 e. The Morgan fingerprint density at radius 1 is 1.11 bits per heavy atom. The molecule has 1 aliphatic carbocycles. The molecule has 146 valence electrons. The molecule has 0 spiro atoms. The molecule has 0 saturated heterocycles. The summed E-state index contributed by atoms with van der Waals surface area (Å²) in [5.41, 5.74) is 1.44. The van der Waals surface area contributed by atoms with E-state index in [1.165, 1.54) is 4.57 Å². The first kappa shape index (κ1) is 18.3. The first-order valence-electron chi connectivity index (χ1n) is 9.22. The number of aromatic amines is 1. The van der Waals surface area contributed by atoms with E-state index in [0.29, 0.717) is 35.5 Å². The van der Waals surface area contributed by atoms with E-state index < -0.39 is 17.2 Å². The zero-order chi connectivity index (χ0) is 20.2. The van der Waals surface area contributed by atoms with Crippen LogP contribution < -0.4 is 21.3 Å². The number of fused-ring (bicyclic) bond motifs is 1. The summed E-state index contributed by atoms with van der Waals surface area (Å²) in [6, 6.07) is 7.34. The van der Waals surface area contributed by atoms with Crippen molar-refractivity contribution in [2.24, 2.45) is 12.5 Å². The van der Waals surface area contributed by atoms with Crippen molar-refractivity contribution in [1.82, 2.24) is 9.55 Å². The van der Waals surface area contributed by atoms with Crippen molar-refractivity contribution in [2.75, 3.05) is 12.4 Å². The summed E-state index contributed by atoms with van der Waals surface area (Å²) in [6.07, 6.45) is 1.08. The highest BCUT2D eigenvalue weighted by atomic mass is 16.5. The van der Waals surface area contributed by atoms with E-state index in [1.54, 1.807) is 14.2 Å². The summed E-state index contributed by atoms with van der Waals surface area (Å²) in [5, 5.41) is 3.23. The molecule has 2 aliphatic rings. The number of hydrogen-bond donors (Lipinski definition) is 2. The molecule has 0 radical (unpaired) electrons. The normalized spacial score (nSPS) is 20.3. The summed E-state index contributed by atoms with van der Waals surface area (Å²) in [4.78, 5) is 40.4. The van der Waals surface area contributed by atoms with Gasteiger partial charge in [0.1, 0.15) is 11.6 Å². The van der Waals surface area contributed by atoms with Gasteiger partial charge in [-0.2, -0.15) is 0 Å². The van der Waals surface area contributed by atoms with Gasteiger partial charge in [-0.25, -0.2) is 4.79 Å². The average Bonchev–Trinajstić information content (AvgIpc) is 2.63. The standard InChI is InChI=1S/C21H23N3O4/c1-21(2)9-13-16(14(25)10-21)15(11-5-7-12(28-4)8-6-11)17-18(22-13)24(3)20(27)23-19(17)26/h5-8,15,22H,9-10H2,1-4H3,(H,23,26,27). The number of carbonyl (C=O) groups excluding carboxylic acids is 1. The molecular weight excluding hydrogens is 358 g/mol. The minimum Gasteiger partial charge on any atom is -0.497 e. The van der Waals surface area contributed by atoms with Gasteiger partial charge in [-0.05, 0) is 29.5 Å². The van der Waals surface area contributed by atoms with Crippen molar-refractivity contribution < 1.29 is 9.53 Å². The van der Waals surface area contributed by atoms with Gasteiger partial charge in [0.2, 0.25) is 0 Å². The molecule has 4 rings (SSSR count). The fraction of sp³-hybridized carbons (Fsp3) is 0.381. The van der Waals surface area contributed by atoms with Gasteiger partial charge in [0.25, 0.3) is 5.56 Å². The third-order valence-corrected chi connectivity index (χ3v) is 5.58. The van der Waals surface area contributed by atoms with Crippen molar-refractivity contribution in [3.8, 4) is 5.75 Å². The first-order chi connectivity index (χ1) is 13.2. The van der Waals surface area contributed by atoms with Gasteiger partial charge >= 0.3 is 5.69 Å². The minimum atomic E-state index is -0.531. The maximum absolute atomic E-state index is 13.1.